The molecule has 0 fully saturated rings. The van der Waals surface area contributed by atoms with Crippen molar-refractivity contribution in [1.82, 2.24) is 4.98 Å². The molecule has 1 N–H and O–H groups in total. The Morgan fingerprint density at radius 2 is 2.00 bits per heavy atom. The quantitative estimate of drug-likeness (QED) is 0.785. The molecule has 0 saturated heterocycles. The van der Waals surface area contributed by atoms with Gasteiger partial charge in [0.1, 0.15) is 5.75 Å². The van der Waals surface area contributed by atoms with E-state index in [4.69, 9.17) is 16.3 Å². The van der Waals surface area contributed by atoms with Gasteiger partial charge in [-0.2, -0.15) is 0 Å². The van der Waals surface area contributed by atoms with Crippen LogP contribution in [0.15, 0.2) is 54.7 Å². The van der Waals surface area contributed by atoms with E-state index in [2.05, 4.69) is 4.98 Å². The van der Waals surface area contributed by atoms with Crippen LogP contribution in [-0.2, 0) is 6.61 Å². The summed E-state index contributed by atoms with van der Waals surface area (Å²) in [5.74, 6) is 1.12. The number of fused-ring (bicyclic) bond motifs is 1. The molecule has 1 aromatic heterocycles. The maximum atomic E-state index is 9.34. The minimum absolute atomic E-state index is 0.123. The van der Waals surface area contributed by atoms with E-state index in [1.165, 1.54) is 0 Å². The number of hydrogen-bond acceptors (Lipinski definition) is 3. The summed E-state index contributed by atoms with van der Waals surface area (Å²) >= 11 is 6.12. The Morgan fingerprint density at radius 1 is 1.10 bits per heavy atom. The largest absolute Gasteiger partial charge is 0.455 e. The normalized spacial score (nSPS) is 10.7. The fourth-order valence-corrected chi connectivity index (χ4v) is 2.25. The third-order valence-electron chi connectivity index (χ3n) is 3.02. The van der Waals surface area contributed by atoms with Crippen molar-refractivity contribution in [2.75, 3.05) is 0 Å². The van der Waals surface area contributed by atoms with Crippen molar-refractivity contribution in [3.63, 3.8) is 0 Å². The van der Waals surface area contributed by atoms with Gasteiger partial charge < -0.3 is 9.84 Å². The summed E-state index contributed by atoms with van der Waals surface area (Å²) in [6.07, 6.45) is 1.74. The zero-order valence-corrected chi connectivity index (χ0v) is 11.3. The van der Waals surface area contributed by atoms with Crippen LogP contribution >= 0.6 is 11.6 Å². The summed E-state index contributed by atoms with van der Waals surface area (Å²) in [6, 6.07) is 14.8. The van der Waals surface area contributed by atoms with Crippen LogP contribution in [0.25, 0.3) is 10.9 Å². The molecular formula is C16H12ClNO2. The van der Waals surface area contributed by atoms with Gasteiger partial charge in [-0.3, -0.25) is 4.98 Å². The molecule has 0 radical (unpaired) electrons. The molecule has 0 atom stereocenters. The van der Waals surface area contributed by atoms with E-state index >= 15 is 0 Å². The highest BCUT2D eigenvalue weighted by Crippen LogP contribution is 2.33. The van der Waals surface area contributed by atoms with Crippen molar-refractivity contribution < 1.29 is 9.84 Å². The molecule has 0 saturated carbocycles. The molecule has 3 rings (SSSR count). The van der Waals surface area contributed by atoms with Gasteiger partial charge in [-0.15, -0.1) is 0 Å². The van der Waals surface area contributed by atoms with Gasteiger partial charge in [-0.1, -0.05) is 29.8 Å². The van der Waals surface area contributed by atoms with Gasteiger partial charge in [0, 0.05) is 23.2 Å². The Balaban J connectivity index is 2.01. The second kappa shape index (κ2) is 5.49. The van der Waals surface area contributed by atoms with Gasteiger partial charge in [-0.25, -0.2) is 0 Å². The SMILES string of the molecule is OCc1cccc(Cl)c1Oc1ccc2cccnc2c1. The van der Waals surface area contributed by atoms with E-state index < -0.39 is 0 Å². The number of hydrogen-bond donors (Lipinski definition) is 1. The molecule has 0 spiro atoms. The van der Waals surface area contributed by atoms with Gasteiger partial charge >= 0.3 is 0 Å². The number of para-hydroxylation sites is 1. The van der Waals surface area contributed by atoms with E-state index in [0.717, 1.165) is 10.9 Å². The van der Waals surface area contributed by atoms with Crippen molar-refractivity contribution in [3.05, 3.63) is 65.3 Å². The first kappa shape index (κ1) is 12.9. The molecule has 0 aliphatic heterocycles. The van der Waals surface area contributed by atoms with Crippen molar-refractivity contribution >= 4 is 22.5 Å². The fraction of sp³-hybridized carbons (Fsp3) is 0.0625. The highest BCUT2D eigenvalue weighted by atomic mass is 35.5. The van der Waals surface area contributed by atoms with Crippen LogP contribution in [-0.4, -0.2) is 10.1 Å². The topological polar surface area (TPSA) is 42.4 Å². The average Bonchev–Trinajstić information content (AvgIpc) is 2.49. The third kappa shape index (κ3) is 2.46. The molecule has 100 valence electrons. The van der Waals surface area contributed by atoms with Gasteiger partial charge in [0.05, 0.1) is 17.1 Å². The van der Waals surface area contributed by atoms with E-state index in [9.17, 15) is 5.11 Å². The van der Waals surface area contributed by atoms with Crippen LogP contribution in [0.4, 0.5) is 0 Å². The molecule has 3 nitrogen and oxygen atoms in total. The lowest BCUT2D eigenvalue weighted by atomic mass is 10.2. The second-order valence-electron chi connectivity index (χ2n) is 4.35. The lowest BCUT2D eigenvalue weighted by molar-refractivity contribution is 0.276. The summed E-state index contributed by atoms with van der Waals surface area (Å²) in [4.78, 5) is 4.29. The van der Waals surface area contributed by atoms with E-state index in [1.807, 2.05) is 30.3 Å². The van der Waals surface area contributed by atoms with Crippen molar-refractivity contribution in [2.45, 2.75) is 6.61 Å². The van der Waals surface area contributed by atoms with Crippen LogP contribution in [0.1, 0.15) is 5.56 Å². The van der Waals surface area contributed by atoms with Crippen molar-refractivity contribution in [3.8, 4) is 11.5 Å². The van der Waals surface area contributed by atoms with Crippen LogP contribution in [0.5, 0.6) is 11.5 Å². The predicted molar refractivity (Wildman–Crippen MR) is 79.2 cm³/mol. The molecule has 0 unspecified atom stereocenters. The Bertz CT molecular complexity index is 758. The average molecular weight is 286 g/mol. The minimum Gasteiger partial charge on any atom is -0.455 e. The molecule has 0 bridgehead atoms. The van der Waals surface area contributed by atoms with Crippen molar-refractivity contribution in [2.24, 2.45) is 0 Å². The maximum absolute atomic E-state index is 9.34. The van der Waals surface area contributed by atoms with E-state index in [1.54, 1.807) is 24.4 Å². The highest BCUT2D eigenvalue weighted by molar-refractivity contribution is 6.32. The molecule has 0 aliphatic carbocycles. The first-order valence-corrected chi connectivity index (χ1v) is 6.56. The number of halogens is 1. The molecule has 0 aliphatic rings. The zero-order chi connectivity index (χ0) is 13.9. The highest BCUT2D eigenvalue weighted by Gasteiger charge is 2.09. The Labute approximate surface area is 121 Å². The summed E-state index contributed by atoms with van der Waals surface area (Å²) < 4.78 is 5.81. The minimum atomic E-state index is -0.123. The molecule has 4 heteroatoms. The summed E-state index contributed by atoms with van der Waals surface area (Å²) in [5, 5.41) is 10.9. The fourth-order valence-electron chi connectivity index (χ4n) is 2.02. The summed E-state index contributed by atoms with van der Waals surface area (Å²) in [6.45, 7) is -0.123. The molecule has 2 aromatic carbocycles. The van der Waals surface area contributed by atoms with Crippen LogP contribution in [0.3, 0.4) is 0 Å². The van der Waals surface area contributed by atoms with E-state index in [0.29, 0.717) is 22.1 Å². The standard InChI is InChI=1S/C16H12ClNO2/c17-14-5-1-3-12(10-19)16(14)20-13-7-6-11-4-2-8-18-15(11)9-13/h1-9,19H,10H2. The predicted octanol–water partition coefficient (Wildman–Crippen LogP) is 4.17. The van der Waals surface area contributed by atoms with Gasteiger partial charge in [0.25, 0.3) is 0 Å². The number of ether oxygens (including phenoxy) is 1. The number of aromatic nitrogens is 1. The molecule has 20 heavy (non-hydrogen) atoms. The maximum Gasteiger partial charge on any atom is 0.151 e. The Kier molecular flexibility index (Phi) is 3.54. The molecular weight excluding hydrogens is 274 g/mol. The lowest BCUT2D eigenvalue weighted by Crippen LogP contribution is -1.93. The number of nitrogens with zero attached hydrogens (tertiary/aromatic N) is 1. The number of aliphatic hydroxyl groups is 1. The van der Waals surface area contributed by atoms with Crippen LogP contribution in [0.2, 0.25) is 5.02 Å². The number of benzene rings is 2. The smallest absolute Gasteiger partial charge is 0.151 e. The Morgan fingerprint density at radius 3 is 2.85 bits per heavy atom. The molecule has 0 amide bonds. The first-order valence-electron chi connectivity index (χ1n) is 6.19. The lowest BCUT2D eigenvalue weighted by Gasteiger charge is -2.11. The Hall–Kier alpha value is -2.10. The molecule has 1 heterocycles. The van der Waals surface area contributed by atoms with Gasteiger partial charge in [0.15, 0.2) is 5.75 Å². The van der Waals surface area contributed by atoms with Gasteiger partial charge in [0.2, 0.25) is 0 Å². The van der Waals surface area contributed by atoms with Crippen LogP contribution in [0, 0.1) is 0 Å². The first-order chi connectivity index (χ1) is 9.78. The third-order valence-corrected chi connectivity index (χ3v) is 3.31. The molecule has 3 aromatic rings. The summed E-state index contributed by atoms with van der Waals surface area (Å²) in [7, 11) is 0. The number of rotatable bonds is 3. The van der Waals surface area contributed by atoms with Gasteiger partial charge in [-0.05, 0) is 24.3 Å². The second-order valence-corrected chi connectivity index (χ2v) is 4.75. The monoisotopic (exact) mass is 285 g/mol. The number of aliphatic hydroxyl groups excluding tert-OH is 1. The van der Waals surface area contributed by atoms with Crippen LogP contribution < -0.4 is 4.74 Å². The van der Waals surface area contributed by atoms with Crippen molar-refractivity contribution in [1.29, 1.82) is 0 Å². The summed E-state index contributed by atoms with van der Waals surface area (Å²) in [5.41, 5.74) is 1.50. The zero-order valence-electron chi connectivity index (χ0n) is 10.6. The number of pyridine rings is 1. The van der Waals surface area contributed by atoms with E-state index in [-0.39, 0.29) is 6.61 Å².